The fraction of sp³-hybridized carbons (Fsp3) is 0.522. The highest BCUT2D eigenvalue weighted by Crippen LogP contribution is 2.48. The zero-order valence-corrected chi connectivity index (χ0v) is 20.1. The maximum Gasteiger partial charge on any atom is 0.240 e. The molecule has 0 spiro atoms. The molecule has 0 bridgehead atoms. The second kappa shape index (κ2) is 9.21. The molecule has 0 radical (unpaired) electrons. The summed E-state index contributed by atoms with van der Waals surface area (Å²) in [6, 6.07) is 3.47. The molecule has 1 aromatic carbocycles. The summed E-state index contributed by atoms with van der Waals surface area (Å²) in [5.41, 5.74) is 1.27. The highest BCUT2D eigenvalue weighted by molar-refractivity contribution is 8.00. The molecule has 0 unspecified atom stereocenters. The van der Waals surface area contributed by atoms with Crippen molar-refractivity contribution in [2.24, 2.45) is 7.05 Å². The normalized spacial score (nSPS) is 17.7. The zero-order chi connectivity index (χ0) is 23.8. The van der Waals surface area contributed by atoms with Crippen LogP contribution in [0.4, 0.5) is 14.6 Å². The van der Waals surface area contributed by atoms with E-state index in [9.17, 15) is 18.4 Å². The molecule has 32 heavy (non-hydrogen) atoms. The summed E-state index contributed by atoms with van der Waals surface area (Å²) in [7, 11) is 1.72. The molecule has 174 valence electrons. The van der Waals surface area contributed by atoms with E-state index in [4.69, 9.17) is 0 Å². The van der Waals surface area contributed by atoms with Crippen molar-refractivity contribution in [2.75, 3.05) is 17.2 Å². The molecule has 3 rings (SSSR count). The summed E-state index contributed by atoms with van der Waals surface area (Å²) in [6.07, 6.45) is 0.770. The van der Waals surface area contributed by atoms with Crippen molar-refractivity contribution in [1.82, 2.24) is 15.1 Å². The Morgan fingerprint density at radius 3 is 2.62 bits per heavy atom. The second-order valence-electron chi connectivity index (χ2n) is 9.17. The molecule has 2 amide bonds. The lowest BCUT2D eigenvalue weighted by atomic mass is 9.87. The first-order valence-corrected chi connectivity index (χ1v) is 11.7. The molecule has 2 heterocycles. The Hall–Kier alpha value is -2.42. The number of amides is 2. The van der Waals surface area contributed by atoms with Gasteiger partial charge in [0, 0.05) is 35.7 Å². The maximum absolute atomic E-state index is 14.8. The monoisotopic (exact) mass is 464 g/mol. The molecule has 1 aliphatic rings. The minimum absolute atomic E-state index is 0.0174. The van der Waals surface area contributed by atoms with Crippen LogP contribution >= 0.6 is 11.8 Å². The van der Waals surface area contributed by atoms with Gasteiger partial charge in [-0.05, 0) is 19.4 Å². The number of hydrogen-bond donors (Lipinski definition) is 1. The fourth-order valence-corrected chi connectivity index (χ4v) is 4.99. The Kier molecular flexibility index (Phi) is 6.97. The molecular formula is C23H30F2N4O2S. The first-order chi connectivity index (χ1) is 14.9. The summed E-state index contributed by atoms with van der Waals surface area (Å²) in [6.45, 7) is 9.69. The van der Waals surface area contributed by atoms with Gasteiger partial charge in [-0.2, -0.15) is 5.10 Å². The van der Waals surface area contributed by atoms with Crippen molar-refractivity contribution in [3.63, 3.8) is 0 Å². The van der Waals surface area contributed by atoms with E-state index in [1.165, 1.54) is 28.8 Å². The molecule has 1 aliphatic heterocycles. The Morgan fingerprint density at radius 2 is 2.03 bits per heavy atom. The number of halogens is 2. The van der Waals surface area contributed by atoms with Gasteiger partial charge in [0.2, 0.25) is 11.8 Å². The largest absolute Gasteiger partial charge is 0.352 e. The maximum atomic E-state index is 14.8. The number of carbonyl (C=O) groups is 2. The average Bonchev–Trinajstić information content (AvgIpc) is 2.97. The van der Waals surface area contributed by atoms with Gasteiger partial charge in [0.15, 0.2) is 0 Å². The minimum Gasteiger partial charge on any atom is -0.352 e. The van der Waals surface area contributed by atoms with Gasteiger partial charge in [0.05, 0.1) is 16.7 Å². The van der Waals surface area contributed by atoms with Crippen LogP contribution in [0.3, 0.4) is 0 Å². The number of anilines is 1. The highest BCUT2D eigenvalue weighted by atomic mass is 32.2. The molecule has 2 aromatic rings. The van der Waals surface area contributed by atoms with Crippen molar-refractivity contribution >= 4 is 29.4 Å². The third-order valence-corrected chi connectivity index (χ3v) is 6.76. The molecule has 0 saturated heterocycles. The predicted molar refractivity (Wildman–Crippen MR) is 123 cm³/mol. The van der Waals surface area contributed by atoms with Crippen molar-refractivity contribution in [1.29, 1.82) is 0 Å². The van der Waals surface area contributed by atoms with Gasteiger partial charge in [-0.15, -0.1) is 11.8 Å². The molecule has 0 saturated carbocycles. The molecule has 9 heteroatoms. The standard InChI is InChI=1S/C23H30F2N4O2S/c1-7-13(2)26-17(30)11-29-18(31)12-32-20(15-9-8-14(24)10-16(15)25)19-21(23(3,4)5)27-28(6)22(19)29/h8-10,13,20H,7,11-12H2,1-6H3,(H,26,30)/t13-,20-/m0/s1. The lowest BCUT2D eigenvalue weighted by molar-refractivity contribution is -0.123. The van der Waals surface area contributed by atoms with Gasteiger partial charge in [-0.3, -0.25) is 19.2 Å². The number of fused-ring (bicyclic) bond motifs is 1. The Balaban J connectivity index is 2.17. The van der Waals surface area contributed by atoms with Crippen LogP contribution in [0.1, 0.15) is 63.1 Å². The van der Waals surface area contributed by atoms with Gasteiger partial charge in [0.25, 0.3) is 0 Å². The number of benzene rings is 1. The zero-order valence-electron chi connectivity index (χ0n) is 19.3. The number of aromatic nitrogens is 2. The van der Waals surface area contributed by atoms with Crippen LogP contribution in [0.5, 0.6) is 0 Å². The van der Waals surface area contributed by atoms with E-state index >= 15 is 0 Å². The average molecular weight is 465 g/mol. The quantitative estimate of drug-likeness (QED) is 0.724. The van der Waals surface area contributed by atoms with E-state index in [0.29, 0.717) is 17.1 Å². The molecule has 0 aliphatic carbocycles. The van der Waals surface area contributed by atoms with E-state index in [2.05, 4.69) is 10.4 Å². The third-order valence-electron chi connectivity index (χ3n) is 5.52. The number of aryl methyl sites for hydroxylation is 1. The SMILES string of the molecule is CC[C@H](C)NC(=O)CN1C(=O)CS[C@@H](c2ccc(F)cc2F)c2c(C(C)(C)C)nn(C)c21. The van der Waals surface area contributed by atoms with Gasteiger partial charge in [-0.1, -0.05) is 33.8 Å². The van der Waals surface area contributed by atoms with Crippen LogP contribution in [0.25, 0.3) is 0 Å². The van der Waals surface area contributed by atoms with Gasteiger partial charge >= 0.3 is 0 Å². The number of carbonyl (C=O) groups excluding carboxylic acids is 2. The van der Waals surface area contributed by atoms with E-state index in [-0.39, 0.29) is 35.7 Å². The topological polar surface area (TPSA) is 67.2 Å². The van der Waals surface area contributed by atoms with E-state index in [0.717, 1.165) is 12.5 Å². The predicted octanol–water partition coefficient (Wildman–Crippen LogP) is 4.08. The van der Waals surface area contributed by atoms with E-state index in [1.54, 1.807) is 11.7 Å². The number of nitrogens with zero attached hydrogens (tertiary/aromatic N) is 3. The molecule has 1 N–H and O–H groups in total. The fourth-order valence-electron chi connectivity index (χ4n) is 3.77. The minimum atomic E-state index is -0.674. The highest BCUT2D eigenvalue weighted by Gasteiger charge is 2.39. The van der Waals surface area contributed by atoms with Gasteiger partial charge in [0.1, 0.15) is 24.0 Å². The Morgan fingerprint density at radius 1 is 1.34 bits per heavy atom. The van der Waals surface area contributed by atoms with E-state index in [1.807, 2.05) is 34.6 Å². The van der Waals surface area contributed by atoms with Crippen molar-refractivity contribution in [2.45, 2.75) is 57.7 Å². The van der Waals surface area contributed by atoms with Crippen molar-refractivity contribution < 1.29 is 18.4 Å². The summed E-state index contributed by atoms with van der Waals surface area (Å²) < 4.78 is 30.0. The van der Waals surface area contributed by atoms with E-state index < -0.39 is 22.3 Å². The Bertz CT molecular complexity index is 1030. The molecule has 1 aromatic heterocycles. The number of rotatable bonds is 5. The molecular weight excluding hydrogens is 434 g/mol. The van der Waals surface area contributed by atoms with Crippen LogP contribution < -0.4 is 10.2 Å². The third kappa shape index (κ3) is 4.82. The van der Waals surface area contributed by atoms with Crippen LogP contribution in [0.15, 0.2) is 18.2 Å². The first kappa shape index (κ1) is 24.2. The van der Waals surface area contributed by atoms with Crippen LogP contribution in [-0.2, 0) is 22.1 Å². The summed E-state index contributed by atoms with van der Waals surface area (Å²) in [5, 5.41) is 7.00. The molecule has 0 fully saturated rings. The lowest BCUT2D eigenvalue weighted by Gasteiger charge is -2.24. The Labute approximate surface area is 191 Å². The summed E-state index contributed by atoms with van der Waals surface area (Å²) in [4.78, 5) is 27.2. The van der Waals surface area contributed by atoms with Gasteiger partial charge < -0.3 is 5.32 Å². The van der Waals surface area contributed by atoms with Gasteiger partial charge in [-0.25, -0.2) is 8.78 Å². The molecule has 2 atom stereocenters. The first-order valence-electron chi connectivity index (χ1n) is 10.7. The smallest absolute Gasteiger partial charge is 0.240 e. The number of hydrogen-bond acceptors (Lipinski definition) is 4. The van der Waals surface area contributed by atoms with Crippen molar-refractivity contribution in [3.8, 4) is 0 Å². The number of thioether (sulfide) groups is 1. The number of nitrogens with one attached hydrogen (secondary N) is 1. The summed E-state index contributed by atoms with van der Waals surface area (Å²) in [5.74, 6) is -1.34. The second-order valence-corrected chi connectivity index (χ2v) is 10.3. The summed E-state index contributed by atoms with van der Waals surface area (Å²) >= 11 is 1.26. The van der Waals surface area contributed by atoms with Crippen LogP contribution in [0.2, 0.25) is 0 Å². The molecule has 6 nitrogen and oxygen atoms in total. The van der Waals surface area contributed by atoms with Crippen LogP contribution in [0, 0.1) is 11.6 Å². The van der Waals surface area contributed by atoms with Crippen molar-refractivity contribution in [3.05, 3.63) is 46.7 Å². The lowest BCUT2D eigenvalue weighted by Crippen LogP contribution is -2.44. The van der Waals surface area contributed by atoms with Crippen LogP contribution in [-0.4, -0.2) is 39.9 Å².